The summed E-state index contributed by atoms with van der Waals surface area (Å²) in [5.74, 6) is -0.0636. The number of benzene rings is 2. The van der Waals surface area contributed by atoms with Crippen LogP contribution in [-0.4, -0.2) is 17.1 Å². The Morgan fingerprint density at radius 2 is 1.95 bits per heavy atom. The highest BCUT2D eigenvalue weighted by Gasteiger charge is 2.40. The van der Waals surface area contributed by atoms with Gasteiger partial charge in [0.25, 0.3) is 5.91 Å². The first-order valence-electron chi connectivity index (χ1n) is 6.94. The Kier molecular flexibility index (Phi) is 3.95. The fourth-order valence-corrected chi connectivity index (χ4v) is 2.71. The van der Waals surface area contributed by atoms with Crippen LogP contribution < -0.4 is 5.32 Å². The highest BCUT2D eigenvalue weighted by molar-refractivity contribution is 6.30. The molecule has 3 rings (SSSR count). The van der Waals surface area contributed by atoms with Crippen molar-refractivity contribution in [1.29, 1.82) is 0 Å². The number of halogens is 1. The van der Waals surface area contributed by atoms with Gasteiger partial charge in [-0.15, -0.1) is 0 Å². The van der Waals surface area contributed by atoms with Crippen LogP contribution in [0, 0.1) is 0 Å². The van der Waals surface area contributed by atoms with E-state index in [1.165, 1.54) is 0 Å². The molecule has 0 bridgehead atoms. The number of aliphatic hydroxyl groups is 1. The van der Waals surface area contributed by atoms with Gasteiger partial charge in [-0.3, -0.25) is 4.79 Å². The first kappa shape index (κ1) is 14.1. The average molecular weight is 302 g/mol. The smallest absolute Gasteiger partial charge is 0.253 e. The minimum Gasteiger partial charge on any atom is -0.378 e. The molecule has 3 unspecified atom stereocenters. The van der Waals surface area contributed by atoms with Gasteiger partial charge in [-0.2, -0.15) is 0 Å². The zero-order valence-corrected chi connectivity index (χ0v) is 12.1. The predicted molar refractivity (Wildman–Crippen MR) is 82.1 cm³/mol. The van der Waals surface area contributed by atoms with E-state index in [1.54, 1.807) is 24.3 Å². The fourth-order valence-electron chi connectivity index (χ4n) is 2.51. The quantitative estimate of drug-likeness (QED) is 0.912. The lowest BCUT2D eigenvalue weighted by Crippen LogP contribution is -2.31. The predicted octanol–water partition coefficient (Wildman–Crippen LogP) is 3.05. The van der Waals surface area contributed by atoms with Gasteiger partial charge in [0.1, 0.15) is 0 Å². The normalized spacial score (nSPS) is 21.6. The second kappa shape index (κ2) is 5.88. The molecular formula is C17H16ClNO2. The molecule has 0 heterocycles. The zero-order chi connectivity index (χ0) is 14.8. The third kappa shape index (κ3) is 3.26. The summed E-state index contributed by atoms with van der Waals surface area (Å²) in [6, 6.07) is 16.7. The maximum Gasteiger partial charge on any atom is 0.253 e. The van der Waals surface area contributed by atoms with Gasteiger partial charge in [0.05, 0.1) is 0 Å². The fraction of sp³-hybridized carbons (Fsp3) is 0.235. The zero-order valence-electron chi connectivity index (χ0n) is 11.4. The second-order valence-electron chi connectivity index (χ2n) is 5.33. The summed E-state index contributed by atoms with van der Waals surface area (Å²) in [6.45, 7) is 0. The van der Waals surface area contributed by atoms with Gasteiger partial charge in [-0.25, -0.2) is 0 Å². The molecule has 3 nitrogen and oxygen atoms in total. The molecular weight excluding hydrogens is 286 g/mol. The van der Waals surface area contributed by atoms with E-state index in [1.807, 2.05) is 30.3 Å². The highest BCUT2D eigenvalue weighted by Crippen LogP contribution is 2.41. The van der Waals surface area contributed by atoms with Crippen molar-refractivity contribution in [2.45, 2.75) is 24.5 Å². The third-order valence-corrected chi connectivity index (χ3v) is 3.99. The van der Waals surface area contributed by atoms with Crippen LogP contribution in [0.3, 0.4) is 0 Å². The summed E-state index contributed by atoms with van der Waals surface area (Å²) in [6.07, 6.45) is -0.236. The van der Waals surface area contributed by atoms with E-state index < -0.39 is 6.10 Å². The topological polar surface area (TPSA) is 49.3 Å². The van der Waals surface area contributed by atoms with Gasteiger partial charge in [-0.05, 0) is 29.7 Å². The number of aliphatic hydroxyl groups excluding tert-OH is 1. The van der Waals surface area contributed by atoms with Crippen LogP contribution in [0.4, 0.5) is 0 Å². The molecule has 4 heteroatoms. The standard InChI is InChI=1S/C17H16ClNO2/c18-13-8-4-7-12(9-13)14-10-15(14)19-17(21)16(20)11-5-2-1-3-6-11/h1-9,14-16,20H,10H2,(H,19,21). The van der Waals surface area contributed by atoms with Crippen molar-refractivity contribution < 1.29 is 9.90 Å². The lowest BCUT2D eigenvalue weighted by Gasteiger charge is -2.11. The lowest BCUT2D eigenvalue weighted by molar-refractivity contribution is -0.129. The Hall–Kier alpha value is -1.84. The van der Waals surface area contributed by atoms with Crippen molar-refractivity contribution in [3.63, 3.8) is 0 Å². The molecule has 0 spiro atoms. The Morgan fingerprint density at radius 3 is 2.67 bits per heavy atom. The van der Waals surface area contributed by atoms with Crippen molar-refractivity contribution in [2.24, 2.45) is 0 Å². The van der Waals surface area contributed by atoms with Gasteiger partial charge < -0.3 is 10.4 Å². The van der Waals surface area contributed by atoms with Crippen molar-refractivity contribution >= 4 is 17.5 Å². The molecule has 108 valence electrons. The summed E-state index contributed by atoms with van der Waals surface area (Å²) in [5, 5.41) is 13.6. The van der Waals surface area contributed by atoms with Crippen molar-refractivity contribution in [3.8, 4) is 0 Å². The summed E-state index contributed by atoms with van der Waals surface area (Å²) < 4.78 is 0. The molecule has 2 N–H and O–H groups in total. The Balaban J connectivity index is 1.60. The van der Waals surface area contributed by atoms with Gasteiger partial charge in [0.2, 0.25) is 0 Å². The first-order valence-corrected chi connectivity index (χ1v) is 7.32. The van der Waals surface area contributed by atoms with Crippen LogP contribution in [0.5, 0.6) is 0 Å². The van der Waals surface area contributed by atoms with Crippen LogP contribution in [0.15, 0.2) is 54.6 Å². The Bertz CT molecular complexity index is 644. The highest BCUT2D eigenvalue weighted by atomic mass is 35.5. The number of carbonyl (C=O) groups excluding carboxylic acids is 1. The molecule has 2 aromatic rings. The molecule has 0 aliphatic heterocycles. The Morgan fingerprint density at radius 1 is 1.19 bits per heavy atom. The monoisotopic (exact) mass is 301 g/mol. The second-order valence-corrected chi connectivity index (χ2v) is 5.76. The molecule has 0 radical (unpaired) electrons. The van der Waals surface area contributed by atoms with Crippen molar-refractivity contribution in [1.82, 2.24) is 5.32 Å². The average Bonchev–Trinajstić information content (AvgIpc) is 3.26. The van der Waals surface area contributed by atoms with Gasteiger partial charge >= 0.3 is 0 Å². The van der Waals surface area contributed by atoms with Crippen molar-refractivity contribution in [2.75, 3.05) is 0 Å². The van der Waals surface area contributed by atoms with Crippen molar-refractivity contribution in [3.05, 3.63) is 70.7 Å². The number of amides is 1. The number of hydrogen-bond donors (Lipinski definition) is 2. The molecule has 1 amide bonds. The van der Waals surface area contributed by atoms with Gasteiger partial charge in [-0.1, -0.05) is 54.1 Å². The van der Waals surface area contributed by atoms with Crippen LogP contribution >= 0.6 is 11.6 Å². The van der Waals surface area contributed by atoms with Gasteiger partial charge in [0.15, 0.2) is 6.10 Å². The minimum absolute atomic E-state index is 0.0781. The lowest BCUT2D eigenvalue weighted by atomic mass is 10.1. The summed E-state index contributed by atoms with van der Waals surface area (Å²) in [4.78, 5) is 12.1. The molecule has 2 aromatic carbocycles. The van der Waals surface area contributed by atoms with Crippen LogP contribution in [-0.2, 0) is 4.79 Å². The molecule has 0 aromatic heterocycles. The molecule has 21 heavy (non-hydrogen) atoms. The van der Waals surface area contributed by atoms with E-state index in [0.29, 0.717) is 10.6 Å². The van der Waals surface area contributed by atoms with E-state index >= 15 is 0 Å². The largest absolute Gasteiger partial charge is 0.378 e. The van der Waals surface area contributed by atoms with E-state index in [-0.39, 0.29) is 17.9 Å². The maximum absolute atomic E-state index is 12.1. The Labute approximate surface area is 128 Å². The molecule has 1 saturated carbocycles. The number of hydrogen-bond acceptors (Lipinski definition) is 2. The minimum atomic E-state index is -1.12. The molecule has 3 atom stereocenters. The van der Waals surface area contributed by atoms with E-state index in [9.17, 15) is 9.90 Å². The first-order chi connectivity index (χ1) is 10.1. The van der Waals surface area contributed by atoms with E-state index in [2.05, 4.69) is 5.32 Å². The molecule has 0 saturated heterocycles. The SMILES string of the molecule is O=C(NC1CC1c1cccc(Cl)c1)C(O)c1ccccc1. The molecule has 1 fully saturated rings. The van der Waals surface area contributed by atoms with E-state index in [4.69, 9.17) is 11.6 Å². The van der Waals surface area contributed by atoms with E-state index in [0.717, 1.165) is 12.0 Å². The third-order valence-electron chi connectivity index (χ3n) is 3.76. The van der Waals surface area contributed by atoms with Crippen LogP contribution in [0.25, 0.3) is 0 Å². The van der Waals surface area contributed by atoms with Crippen LogP contribution in [0.2, 0.25) is 5.02 Å². The molecule has 1 aliphatic rings. The summed E-state index contributed by atoms with van der Waals surface area (Å²) in [7, 11) is 0. The maximum atomic E-state index is 12.1. The van der Waals surface area contributed by atoms with Gasteiger partial charge in [0, 0.05) is 17.0 Å². The number of nitrogens with one attached hydrogen (secondary N) is 1. The number of carbonyl (C=O) groups is 1. The molecule has 1 aliphatic carbocycles. The summed E-state index contributed by atoms with van der Waals surface area (Å²) >= 11 is 5.97. The summed E-state index contributed by atoms with van der Waals surface area (Å²) in [5.41, 5.74) is 1.73. The number of rotatable bonds is 4. The van der Waals surface area contributed by atoms with Crippen LogP contribution in [0.1, 0.15) is 29.6 Å².